The minimum Gasteiger partial charge on any atom is -0.497 e. The predicted molar refractivity (Wildman–Crippen MR) is 140 cm³/mol. The molecule has 2 N–H and O–H groups in total. The van der Waals surface area contributed by atoms with Crippen LogP contribution in [0.25, 0.3) is 17.5 Å². The molecule has 4 aromatic rings. The van der Waals surface area contributed by atoms with Gasteiger partial charge in [0.2, 0.25) is 5.16 Å². The lowest BCUT2D eigenvalue weighted by Gasteiger charge is -2.12. The summed E-state index contributed by atoms with van der Waals surface area (Å²) in [4.78, 5) is 16.4. The molecule has 38 heavy (non-hydrogen) atoms. The number of hydrogen-bond donors (Lipinski definition) is 2. The fourth-order valence-electron chi connectivity index (χ4n) is 3.41. The Bertz CT molecular complexity index is 1450. The van der Waals surface area contributed by atoms with Gasteiger partial charge in [0, 0.05) is 17.2 Å². The Kier molecular flexibility index (Phi) is 8.49. The summed E-state index contributed by atoms with van der Waals surface area (Å²) in [7, 11) is 4.55. The van der Waals surface area contributed by atoms with Crippen molar-refractivity contribution in [1.29, 1.82) is 0 Å². The van der Waals surface area contributed by atoms with Crippen molar-refractivity contribution in [3.05, 3.63) is 82.5 Å². The maximum Gasteiger partial charge on any atom is 0.342 e. The van der Waals surface area contributed by atoms with Crippen LogP contribution in [0, 0.1) is 5.82 Å². The number of hydrogen-bond acceptors (Lipinski definition) is 8. The average molecular weight is 538 g/mol. The fourth-order valence-corrected chi connectivity index (χ4v) is 4.12. The summed E-state index contributed by atoms with van der Waals surface area (Å²) in [6.45, 7) is 0.0147. The van der Waals surface area contributed by atoms with Gasteiger partial charge in [-0.25, -0.2) is 14.2 Å². The Balaban J connectivity index is 1.53. The highest BCUT2D eigenvalue weighted by Gasteiger charge is 2.16. The number of ether oxygens (including phenoxy) is 4. The molecule has 0 amide bonds. The fraction of sp³-hybridized carbons (Fsp3) is 0.148. The molecule has 0 aliphatic heterocycles. The highest BCUT2D eigenvalue weighted by molar-refractivity contribution is 8.04. The minimum atomic E-state index is -1.15. The summed E-state index contributed by atoms with van der Waals surface area (Å²) in [6.07, 6.45) is 1.47. The normalized spacial score (nSPS) is 11.2. The Labute approximate surface area is 222 Å². The number of carboxylic acid groups (broad SMARTS) is 1. The van der Waals surface area contributed by atoms with Crippen LogP contribution in [-0.4, -0.2) is 47.6 Å². The minimum absolute atomic E-state index is 0.0131. The molecule has 3 aromatic carbocycles. The van der Waals surface area contributed by atoms with Crippen LogP contribution in [-0.2, 0) is 11.4 Å². The number of carbonyl (C=O) groups is 1. The zero-order valence-corrected chi connectivity index (χ0v) is 21.5. The number of methoxy groups -OCH3 is 3. The molecule has 0 bridgehead atoms. The molecular weight excluding hydrogens is 513 g/mol. The second-order valence-corrected chi connectivity index (χ2v) is 8.78. The number of H-pyrrole nitrogens is 1. The maximum absolute atomic E-state index is 13.9. The predicted octanol–water partition coefficient (Wildman–Crippen LogP) is 5.43. The largest absolute Gasteiger partial charge is 0.497 e. The van der Waals surface area contributed by atoms with Crippen LogP contribution in [0.1, 0.15) is 11.1 Å². The molecule has 0 saturated heterocycles. The Morgan fingerprint density at radius 1 is 1.00 bits per heavy atom. The SMILES string of the molecule is COc1cc(OC)cc(-c2nc(S/C(=C\c3ccc(OCc4ccccc4F)c(OC)c3)C(=O)O)n[nH]2)c1. The van der Waals surface area contributed by atoms with Gasteiger partial charge in [0.05, 0.1) is 21.3 Å². The molecule has 1 aromatic heterocycles. The van der Waals surface area contributed by atoms with Crippen molar-refractivity contribution in [1.82, 2.24) is 15.2 Å². The molecule has 0 radical (unpaired) electrons. The molecule has 0 saturated carbocycles. The lowest BCUT2D eigenvalue weighted by molar-refractivity contribution is -0.131. The van der Waals surface area contributed by atoms with Crippen molar-refractivity contribution in [3.8, 4) is 34.4 Å². The van der Waals surface area contributed by atoms with Crippen LogP contribution < -0.4 is 18.9 Å². The van der Waals surface area contributed by atoms with Crippen molar-refractivity contribution in [3.63, 3.8) is 0 Å². The van der Waals surface area contributed by atoms with Crippen LogP contribution in [0.15, 0.2) is 70.7 Å². The van der Waals surface area contributed by atoms with E-state index < -0.39 is 5.97 Å². The summed E-state index contributed by atoms with van der Waals surface area (Å²) in [6, 6.07) is 16.5. The van der Waals surface area contributed by atoms with Crippen LogP contribution in [0.4, 0.5) is 4.39 Å². The van der Waals surface area contributed by atoms with E-state index in [0.717, 1.165) is 11.8 Å². The number of aliphatic carboxylic acids is 1. The number of aromatic nitrogens is 3. The van der Waals surface area contributed by atoms with Crippen LogP contribution in [0.5, 0.6) is 23.0 Å². The third-order valence-electron chi connectivity index (χ3n) is 5.33. The van der Waals surface area contributed by atoms with Crippen LogP contribution in [0.3, 0.4) is 0 Å². The smallest absolute Gasteiger partial charge is 0.342 e. The summed E-state index contributed by atoms with van der Waals surface area (Å²) >= 11 is 0.886. The third kappa shape index (κ3) is 6.43. The van der Waals surface area contributed by atoms with Crippen LogP contribution in [0.2, 0.25) is 0 Å². The molecule has 0 aliphatic carbocycles. The number of nitrogens with one attached hydrogen (secondary N) is 1. The zero-order chi connectivity index (χ0) is 27.1. The van der Waals surface area contributed by atoms with Crippen molar-refractivity contribution >= 4 is 23.8 Å². The van der Waals surface area contributed by atoms with Gasteiger partial charge in [-0.2, -0.15) is 0 Å². The van der Waals surface area contributed by atoms with E-state index >= 15 is 0 Å². The second-order valence-electron chi connectivity index (χ2n) is 7.77. The lowest BCUT2D eigenvalue weighted by Crippen LogP contribution is -2.00. The van der Waals surface area contributed by atoms with E-state index in [1.165, 1.54) is 19.3 Å². The molecule has 196 valence electrons. The zero-order valence-electron chi connectivity index (χ0n) is 20.7. The van der Waals surface area contributed by atoms with Gasteiger partial charge < -0.3 is 24.1 Å². The first-order valence-corrected chi connectivity index (χ1v) is 12.0. The number of carboxylic acids is 1. The maximum atomic E-state index is 13.9. The molecular formula is C27H24FN3O6S. The van der Waals surface area contributed by atoms with Gasteiger partial charge in [0.25, 0.3) is 0 Å². The molecule has 4 rings (SSSR count). The topological polar surface area (TPSA) is 116 Å². The van der Waals surface area contributed by atoms with Crippen molar-refractivity contribution in [2.24, 2.45) is 0 Å². The highest BCUT2D eigenvalue weighted by Crippen LogP contribution is 2.33. The summed E-state index contributed by atoms with van der Waals surface area (Å²) < 4.78 is 35.6. The molecule has 11 heteroatoms. The number of halogens is 1. The number of benzene rings is 3. The number of aromatic amines is 1. The molecule has 0 unspecified atom stereocenters. The van der Waals surface area contributed by atoms with Gasteiger partial charge in [-0.15, -0.1) is 5.10 Å². The average Bonchev–Trinajstić information content (AvgIpc) is 3.41. The van der Waals surface area contributed by atoms with Crippen LogP contribution >= 0.6 is 11.8 Å². The first-order valence-electron chi connectivity index (χ1n) is 11.2. The summed E-state index contributed by atoms with van der Waals surface area (Å²) in [5.41, 5.74) is 1.62. The summed E-state index contributed by atoms with van der Waals surface area (Å²) in [5, 5.41) is 17.0. The van der Waals surface area contributed by atoms with Gasteiger partial charge in [-0.05, 0) is 53.7 Å². The lowest BCUT2D eigenvalue weighted by atomic mass is 10.2. The first kappa shape index (κ1) is 26.6. The number of thioether (sulfide) groups is 1. The molecule has 1 heterocycles. The van der Waals surface area contributed by atoms with Gasteiger partial charge in [0.15, 0.2) is 17.3 Å². The number of rotatable bonds is 11. The van der Waals surface area contributed by atoms with E-state index in [1.54, 1.807) is 68.8 Å². The standard InChI is InChI=1S/C27H24FN3O6S/c1-34-19-12-18(13-20(14-19)35-2)25-29-27(31-30-25)38-24(26(32)33)11-16-8-9-22(23(10-16)36-3)37-15-17-6-4-5-7-21(17)28/h4-14H,15H2,1-3H3,(H,32,33)(H,29,30,31)/b24-11-. The van der Waals surface area contributed by atoms with E-state index in [0.29, 0.717) is 45.5 Å². The van der Waals surface area contributed by atoms with Crippen molar-refractivity contribution in [2.45, 2.75) is 11.8 Å². The number of nitrogens with zero attached hydrogens (tertiary/aromatic N) is 2. The van der Waals surface area contributed by atoms with E-state index in [-0.39, 0.29) is 22.5 Å². The Morgan fingerprint density at radius 3 is 2.39 bits per heavy atom. The first-order chi connectivity index (χ1) is 18.4. The Morgan fingerprint density at radius 2 is 1.74 bits per heavy atom. The monoisotopic (exact) mass is 537 g/mol. The molecule has 0 fully saturated rings. The third-order valence-corrected chi connectivity index (χ3v) is 6.21. The quantitative estimate of drug-likeness (QED) is 0.191. The molecule has 9 nitrogen and oxygen atoms in total. The van der Waals surface area contributed by atoms with E-state index in [1.807, 2.05) is 0 Å². The van der Waals surface area contributed by atoms with E-state index in [4.69, 9.17) is 18.9 Å². The molecule has 0 atom stereocenters. The molecule has 0 aliphatic rings. The van der Waals surface area contributed by atoms with Crippen molar-refractivity contribution < 1.29 is 33.2 Å². The van der Waals surface area contributed by atoms with E-state index in [9.17, 15) is 14.3 Å². The highest BCUT2D eigenvalue weighted by atomic mass is 32.2. The van der Waals surface area contributed by atoms with Crippen molar-refractivity contribution in [2.75, 3.05) is 21.3 Å². The van der Waals surface area contributed by atoms with Gasteiger partial charge >= 0.3 is 5.97 Å². The molecule has 0 spiro atoms. The second kappa shape index (κ2) is 12.2. The summed E-state index contributed by atoms with van der Waals surface area (Å²) in [5.74, 6) is 0.824. The van der Waals surface area contributed by atoms with Gasteiger partial charge in [-0.1, -0.05) is 24.3 Å². The van der Waals surface area contributed by atoms with Gasteiger partial charge in [-0.3, -0.25) is 5.10 Å². The Hall–Kier alpha value is -4.51. The van der Waals surface area contributed by atoms with Gasteiger partial charge in [0.1, 0.15) is 28.8 Å². The van der Waals surface area contributed by atoms with E-state index in [2.05, 4.69) is 15.2 Å².